The quantitative estimate of drug-likeness (QED) is 0.794. The van der Waals surface area contributed by atoms with Crippen molar-refractivity contribution in [2.75, 3.05) is 36.8 Å². The van der Waals surface area contributed by atoms with Gasteiger partial charge in [-0.2, -0.15) is 0 Å². The number of nitrogens with zero attached hydrogens (tertiary/aromatic N) is 2. The Balaban J connectivity index is 2.15. The van der Waals surface area contributed by atoms with Crippen molar-refractivity contribution in [3.63, 3.8) is 0 Å². The fraction of sp³-hybridized carbons (Fsp3) is 0.500. The van der Waals surface area contributed by atoms with Gasteiger partial charge in [0.2, 0.25) is 5.91 Å². The van der Waals surface area contributed by atoms with E-state index in [4.69, 9.17) is 11.5 Å². The summed E-state index contributed by atoms with van der Waals surface area (Å²) in [6.45, 7) is 8.28. The van der Waals surface area contributed by atoms with Crippen molar-refractivity contribution in [2.45, 2.75) is 19.9 Å². The van der Waals surface area contributed by atoms with Crippen molar-refractivity contribution < 1.29 is 4.79 Å². The van der Waals surface area contributed by atoms with Crippen molar-refractivity contribution >= 4 is 17.3 Å². The van der Waals surface area contributed by atoms with Gasteiger partial charge in [0.1, 0.15) is 0 Å². The number of carbonyl (C=O) groups is 1. The Morgan fingerprint density at radius 1 is 1.21 bits per heavy atom. The highest BCUT2D eigenvalue weighted by molar-refractivity contribution is 5.95. The molecule has 1 aromatic carbocycles. The lowest BCUT2D eigenvalue weighted by Gasteiger charge is -2.38. The number of nitrogens with two attached hydrogens (primary N) is 2. The van der Waals surface area contributed by atoms with Crippen LogP contribution in [-0.4, -0.2) is 43.0 Å². The second-order valence-electron chi connectivity index (χ2n) is 5.25. The molecule has 4 N–H and O–H groups in total. The van der Waals surface area contributed by atoms with Crippen LogP contribution in [-0.2, 0) is 0 Å². The minimum absolute atomic E-state index is 0.415. The fourth-order valence-electron chi connectivity index (χ4n) is 2.45. The van der Waals surface area contributed by atoms with Crippen LogP contribution in [0, 0.1) is 0 Å². The van der Waals surface area contributed by atoms with Crippen LogP contribution in [0.15, 0.2) is 18.2 Å². The van der Waals surface area contributed by atoms with Gasteiger partial charge in [-0.3, -0.25) is 9.69 Å². The van der Waals surface area contributed by atoms with Gasteiger partial charge >= 0.3 is 0 Å². The van der Waals surface area contributed by atoms with Gasteiger partial charge in [-0.15, -0.1) is 0 Å². The Labute approximate surface area is 114 Å². The Bertz CT molecular complexity index is 465. The number of carbonyl (C=O) groups excluding carboxylic acids is 1. The molecule has 2 rings (SSSR count). The van der Waals surface area contributed by atoms with E-state index < -0.39 is 5.91 Å². The Morgan fingerprint density at radius 2 is 1.84 bits per heavy atom. The van der Waals surface area contributed by atoms with Crippen molar-refractivity contribution in [1.29, 1.82) is 0 Å². The summed E-state index contributed by atoms with van der Waals surface area (Å²) in [5.74, 6) is -0.415. The molecule has 1 heterocycles. The molecule has 0 bridgehead atoms. The molecule has 1 fully saturated rings. The molecular weight excluding hydrogens is 240 g/mol. The SMILES string of the molecule is CC(C)N1CCN(c2cc(C(N)=O)ccc2N)CC1. The normalized spacial score (nSPS) is 16.9. The van der Waals surface area contributed by atoms with Gasteiger partial charge in [0.15, 0.2) is 0 Å². The monoisotopic (exact) mass is 262 g/mol. The maximum atomic E-state index is 11.2. The summed E-state index contributed by atoms with van der Waals surface area (Å²) in [6.07, 6.45) is 0. The minimum Gasteiger partial charge on any atom is -0.397 e. The summed E-state index contributed by atoms with van der Waals surface area (Å²) >= 11 is 0. The van der Waals surface area contributed by atoms with Gasteiger partial charge < -0.3 is 16.4 Å². The van der Waals surface area contributed by atoms with Crippen LogP contribution in [0.1, 0.15) is 24.2 Å². The highest BCUT2D eigenvalue weighted by atomic mass is 16.1. The molecule has 104 valence electrons. The highest BCUT2D eigenvalue weighted by Crippen LogP contribution is 2.26. The van der Waals surface area contributed by atoms with Gasteiger partial charge in [-0.1, -0.05) is 0 Å². The lowest BCUT2D eigenvalue weighted by atomic mass is 10.1. The number of hydrogen-bond acceptors (Lipinski definition) is 4. The van der Waals surface area contributed by atoms with E-state index in [9.17, 15) is 4.79 Å². The van der Waals surface area contributed by atoms with Crippen LogP contribution in [0.25, 0.3) is 0 Å². The molecule has 1 aromatic rings. The van der Waals surface area contributed by atoms with Crippen LogP contribution in [0.5, 0.6) is 0 Å². The number of primary amides is 1. The lowest BCUT2D eigenvalue weighted by molar-refractivity contribution is 0.100. The number of rotatable bonds is 3. The zero-order chi connectivity index (χ0) is 14.0. The predicted molar refractivity (Wildman–Crippen MR) is 78.3 cm³/mol. The average molecular weight is 262 g/mol. The number of piperazine rings is 1. The van der Waals surface area contributed by atoms with E-state index in [1.165, 1.54) is 0 Å². The van der Waals surface area contributed by atoms with Gasteiger partial charge in [0.25, 0.3) is 0 Å². The lowest BCUT2D eigenvalue weighted by Crippen LogP contribution is -2.49. The number of nitrogen functional groups attached to an aromatic ring is 1. The first-order valence-electron chi connectivity index (χ1n) is 6.67. The van der Waals surface area contributed by atoms with E-state index in [-0.39, 0.29) is 0 Å². The summed E-state index contributed by atoms with van der Waals surface area (Å²) in [5, 5.41) is 0. The van der Waals surface area contributed by atoms with Crippen molar-refractivity contribution in [2.24, 2.45) is 5.73 Å². The molecular formula is C14H22N4O. The van der Waals surface area contributed by atoms with E-state index in [0.29, 0.717) is 17.3 Å². The Morgan fingerprint density at radius 3 is 2.37 bits per heavy atom. The smallest absolute Gasteiger partial charge is 0.248 e. The van der Waals surface area contributed by atoms with Crippen molar-refractivity contribution in [3.8, 4) is 0 Å². The van der Waals surface area contributed by atoms with E-state index in [1.54, 1.807) is 18.2 Å². The van der Waals surface area contributed by atoms with Gasteiger partial charge in [-0.25, -0.2) is 0 Å². The fourth-order valence-corrected chi connectivity index (χ4v) is 2.45. The summed E-state index contributed by atoms with van der Waals surface area (Å²) in [6, 6.07) is 5.79. The molecule has 0 aromatic heterocycles. The van der Waals surface area contributed by atoms with Crippen LogP contribution in [0.3, 0.4) is 0 Å². The summed E-state index contributed by atoms with van der Waals surface area (Å²) in [7, 11) is 0. The van der Waals surface area contributed by atoms with E-state index >= 15 is 0 Å². The molecule has 1 aliphatic rings. The van der Waals surface area contributed by atoms with Gasteiger partial charge in [0, 0.05) is 37.8 Å². The molecule has 1 aliphatic heterocycles. The first kappa shape index (κ1) is 13.7. The third kappa shape index (κ3) is 2.98. The number of hydrogen-bond donors (Lipinski definition) is 2. The molecule has 0 radical (unpaired) electrons. The second kappa shape index (κ2) is 5.48. The molecule has 0 saturated carbocycles. The van der Waals surface area contributed by atoms with Crippen LogP contribution in [0.4, 0.5) is 11.4 Å². The summed E-state index contributed by atoms with van der Waals surface area (Å²) in [4.78, 5) is 15.9. The number of anilines is 2. The zero-order valence-electron chi connectivity index (χ0n) is 11.6. The summed E-state index contributed by atoms with van der Waals surface area (Å²) < 4.78 is 0. The van der Waals surface area contributed by atoms with Crippen molar-refractivity contribution in [1.82, 2.24) is 4.90 Å². The molecule has 0 atom stereocenters. The number of benzene rings is 1. The molecule has 1 saturated heterocycles. The van der Waals surface area contributed by atoms with Crippen LogP contribution < -0.4 is 16.4 Å². The highest BCUT2D eigenvalue weighted by Gasteiger charge is 2.20. The molecule has 19 heavy (non-hydrogen) atoms. The van der Waals surface area contributed by atoms with E-state index in [1.807, 2.05) is 0 Å². The van der Waals surface area contributed by atoms with Crippen molar-refractivity contribution in [3.05, 3.63) is 23.8 Å². The minimum atomic E-state index is -0.415. The predicted octanol–water partition coefficient (Wildman–Crippen LogP) is 0.898. The third-order valence-corrected chi connectivity index (χ3v) is 3.70. The summed E-state index contributed by atoms with van der Waals surface area (Å²) in [5.41, 5.74) is 13.4. The first-order valence-corrected chi connectivity index (χ1v) is 6.67. The molecule has 0 spiro atoms. The maximum absolute atomic E-state index is 11.2. The third-order valence-electron chi connectivity index (χ3n) is 3.70. The zero-order valence-corrected chi connectivity index (χ0v) is 11.6. The van der Waals surface area contributed by atoms with E-state index in [2.05, 4.69) is 23.6 Å². The average Bonchev–Trinajstić information content (AvgIpc) is 2.39. The molecule has 5 heteroatoms. The van der Waals surface area contributed by atoms with Crippen LogP contribution >= 0.6 is 0 Å². The Kier molecular flexibility index (Phi) is 3.95. The van der Waals surface area contributed by atoms with Gasteiger partial charge in [-0.05, 0) is 32.0 Å². The standard InChI is InChI=1S/C14H22N4O/c1-10(2)17-5-7-18(8-6-17)13-9-11(14(16)19)3-4-12(13)15/h3-4,9-10H,5-8,15H2,1-2H3,(H2,16,19). The second-order valence-corrected chi connectivity index (χ2v) is 5.25. The maximum Gasteiger partial charge on any atom is 0.248 e. The first-order chi connectivity index (χ1) is 8.99. The topological polar surface area (TPSA) is 75.6 Å². The molecule has 0 unspecified atom stereocenters. The Hall–Kier alpha value is -1.75. The molecule has 1 amide bonds. The largest absolute Gasteiger partial charge is 0.397 e. The van der Waals surface area contributed by atoms with Gasteiger partial charge in [0.05, 0.1) is 11.4 Å². The van der Waals surface area contributed by atoms with E-state index in [0.717, 1.165) is 31.9 Å². The van der Waals surface area contributed by atoms with Crippen LogP contribution in [0.2, 0.25) is 0 Å². The number of amides is 1. The molecule has 0 aliphatic carbocycles. The molecule has 5 nitrogen and oxygen atoms in total.